The summed E-state index contributed by atoms with van der Waals surface area (Å²) in [5.41, 5.74) is -0.540. The van der Waals surface area contributed by atoms with Gasteiger partial charge in [0.05, 0.1) is 29.4 Å². The number of nitrogens with zero attached hydrogens (tertiary/aromatic N) is 4. The average molecular weight is 512 g/mol. The summed E-state index contributed by atoms with van der Waals surface area (Å²) in [5, 5.41) is 20.7. The topological polar surface area (TPSA) is 112 Å². The van der Waals surface area contributed by atoms with Gasteiger partial charge in [-0.3, -0.25) is 4.79 Å². The predicted molar refractivity (Wildman–Crippen MR) is 139 cm³/mol. The van der Waals surface area contributed by atoms with E-state index >= 15 is 0 Å². The van der Waals surface area contributed by atoms with Crippen LogP contribution < -0.4 is 9.64 Å². The number of carbonyl (C=O) groups is 1. The van der Waals surface area contributed by atoms with Crippen molar-refractivity contribution in [3.05, 3.63) is 11.9 Å². The Morgan fingerprint density at radius 1 is 1.16 bits per heavy atom. The molecule has 2 aliphatic heterocycles. The van der Waals surface area contributed by atoms with E-state index in [9.17, 15) is 9.90 Å². The van der Waals surface area contributed by atoms with Gasteiger partial charge in [-0.1, -0.05) is 12.8 Å². The summed E-state index contributed by atoms with van der Waals surface area (Å²) in [5.74, 6) is 1.28. The predicted octanol–water partition coefficient (Wildman–Crippen LogP) is 2.98. The summed E-state index contributed by atoms with van der Waals surface area (Å²) < 4.78 is 12.2. The molecule has 0 bridgehead atoms. The van der Waals surface area contributed by atoms with Crippen molar-refractivity contribution in [3.63, 3.8) is 0 Å². The van der Waals surface area contributed by atoms with Gasteiger partial charge in [0.2, 0.25) is 5.88 Å². The van der Waals surface area contributed by atoms with Gasteiger partial charge in [-0.05, 0) is 65.0 Å². The highest BCUT2D eigenvalue weighted by atomic mass is 16.5. The second kappa shape index (κ2) is 9.89. The Labute approximate surface area is 219 Å². The molecule has 0 amide bonds. The van der Waals surface area contributed by atoms with E-state index in [1.54, 1.807) is 0 Å². The van der Waals surface area contributed by atoms with Gasteiger partial charge in [0.15, 0.2) is 5.82 Å². The highest BCUT2D eigenvalue weighted by Gasteiger charge is 2.52. The molecule has 9 heteroatoms. The Balaban J connectivity index is 1.27. The Morgan fingerprint density at radius 3 is 2.76 bits per heavy atom. The van der Waals surface area contributed by atoms with Crippen molar-refractivity contribution in [2.75, 3.05) is 44.8 Å². The third-order valence-electron chi connectivity index (χ3n) is 9.69. The van der Waals surface area contributed by atoms with Crippen LogP contribution in [0.1, 0.15) is 76.5 Å². The molecular formula is C28H41N5O4. The number of rotatable bonds is 6. The molecule has 6 rings (SSSR count). The molecule has 2 spiro atoms. The van der Waals surface area contributed by atoms with Crippen molar-refractivity contribution in [3.8, 4) is 5.88 Å². The largest absolute Gasteiger partial charge is 0.476 e. The lowest BCUT2D eigenvalue weighted by Gasteiger charge is -2.46. The molecular weight excluding hydrogens is 470 g/mol. The van der Waals surface area contributed by atoms with Crippen LogP contribution in [0.5, 0.6) is 5.88 Å². The molecule has 0 radical (unpaired) electrons. The molecule has 5 aliphatic rings. The van der Waals surface area contributed by atoms with Crippen LogP contribution in [0, 0.1) is 16.7 Å². The number of ketones is 1. The zero-order valence-corrected chi connectivity index (χ0v) is 22.1. The summed E-state index contributed by atoms with van der Waals surface area (Å²) in [6.45, 7) is 3.81. The number of aliphatic hydroxyl groups is 1. The molecule has 5 fully saturated rings. The standard InChI is InChI=1S/C28H41N5O4/c1-32-13-5-6-19(32)17-36-23-16-22(33-14-15-37-27(18-33)11-12-27)30-26(31-23)24(29)20-7-4-10-28(25(20)35)9-3-2-8-21(28)34/h16,19-20,25,29,35H,2-15,17-18H2,1H3/t19-,20?,25?,28+/m0/s1. The minimum absolute atomic E-state index is 0.0578. The molecule has 1 aromatic rings. The maximum absolute atomic E-state index is 13.0. The summed E-state index contributed by atoms with van der Waals surface area (Å²) in [4.78, 5) is 27.1. The van der Waals surface area contributed by atoms with Crippen molar-refractivity contribution >= 4 is 17.3 Å². The monoisotopic (exact) mass is 511 g/mol. The Bertz CT molecular complexity index is 1040. The van der Waals surface area contributed by atoms with Gasteiger partial charge in [-0.25, -0.2) is 4.98 Å². The van der Waals surface area contributed by atoms with E-state index in [-0.39, 0.29) is 17.1 Å². The lowest BCUT2D eigenvalue weighted by Crippen LogP contribution is -2.52. The van der Waals surface area contributed by atoms with Crippen LogP contribution in [0.4, 0.5) is 5.82 Å². The lowest BCUT2D eigenvalue weighted by molar-refractivity contribution is -0.145. The number of hydrogen-bond acceptors (Lipinski definition) is 9. The van der Waals surface area contributed by atoms with E-state index in [2.05, 4.69) is 16.8 Å². The number of likely N-dealkylation sites (tertiary alicyclic amines) is 1. The summed E-state index contributed by atoms with van der Waals surface area (Å²) in [6.07, 6.45) is 8.90. The first kappa shape index (κ1) is 25.2. The van der Waals surface area contributed by atoms with Crippen molar-refractivity contribution in [1.29, 1.82) is 5.41 Å². The molecule has 202 valence electrons. The van der Waals surface area contributed by atoms with Crippen LogP contribution in [0.15, 0.2) is 6.07 Å². The number of morpholine rings is 1. The van der Waals surface area contributed by atoms with Crippen LogP contribution in [-0.2, 0) is 9.53 Å². The van der Waals surface area contributed by atoms with Crippen LogP contribution in [0.3, 0.4) is 0 Å². The summed E-state index contributed by atoms with van der Waals surface area (Å²) in [7, 11) is 2.13. The third-order valence-corrected chi connectivity index (χ3v) is 9.69. The Kier molecular flexibility index (Phi) is 6.74. The molecule has 2 saturated heterocycles. The molecule has 2 unspecified atom stereocenters. The zero-order chi connectivity index (χ0) is 25.6. The quantitative estimate of drug-likeness (QED) is 0.561. The van der Waals surface area contributed by atoms with Crippen LogP contribution in [0.25, 0.3) is 0 Å². The number of ether oxygens (including phenoxy) is 2. The van der Waals surface area contributed by atoms with Gasteiger partial charge in [0.1, 0.15) is 18.2 Å². The van der Waals surface area contributed by atoms with Crippen LogP contribution in [0.2, 0.25) is 0 Å². The number of likely N-dealkylation sites (N-methyl/N-ethyl adjacent to an activating group) is 1. The molecule has 3 aliphatic carbocycles. The SMILES string of the molecule is CN1CCC[C@H]1COc1cc(N2CCOC3(CC3)C2)nc(C(=N)C2CCC[C@@]3(CCCCC3=O)C2O)n1. The molecule has 9 nitrogen and oxygen atoms in total. The second-order valence-corrected chi connectivity index (χ2v) is 12.1. The Hall–Kier alpha value is -2.10. The van der Waals surface area contributed by atoms with E-state index in [1.807, 2.05) is 6.07 Å². The maximum Gasteiger partial charge on any atom is 0.219 e. The average Bonchev–Trinajstić information content (AvgIpc) is 3.52. The molecule has 37 heavy (non-hydrogen) atoms. The number of carbonyl (C=O) groups excluding carboxylic acids is 1. The first-order valence-corrected chi connectivity index (χ1v) is 14.3. The molecule has 3 heterocycles. The van der Waals surface area contributed by atoms with Gasteiger partial charge in [0.25, 0.3) is 0 Å². The number of Topliss-reactive ketones (excluding diaryl/α,β-unsaturated/α-hetero) is 1. The Morgan fingerprint density at radius 2 is 2.00 bits per heavy atom. The fraction of sp³-hybridized carbons (Fsp3) is 0.786. The van der Waals surface area contributed by atoms with Crippen LogP contribution in [-0.4, -0.2) is 89.1 Å². The summed E-state index contributed by atoms with van der Waals surface area (Å²) in [6, 6.07) is 2.26. The van der Waals surface area contributed by atoms with Gasteiger partial charge in [0, 0.05) is 37.5 Å². The van der Waals surface area contributed by atoms with E-state index in [1.165, 1.54) is 6.42 Å². The first-order chi connectivity index (χ1) is 17.9. The van der Waals surface area contributed by atoms with Crippen molar-refractivity contribution in [1.82, 2.24) is 14.9 Å². The van der Waals surface area contributed by atoms with Crippen molar-refractivity contribution in [2.24, 2.45) is 11.3 Å². The molecule has 3 saturated carbocycles. The molecule has 0 aromatic carbocycles. The number of aromatic nitrogens is 2. The van der Waals surface area contributed by atoms with E-state index in [0.717, 1.165) is 76.8 Å². The van der Waals surface area contributed by atoms with Crippen LogP contribution >= 0.6 is 0 Å². The highest BCUT2D eigenvalue weighted by Crippen LogP contribution is 2.48. The fourth-order valence-electron chi connectivity index (χ4n) is 7.11. The third kappa shape index (κ3) is 4.79. The zero-order valence-electron chi connectivity index (χ0n) is 22.1. The minimum Gasteiger partial charge on any atom is -0.476 e. The van der Waals surface area contributed by atoms with Gasteiger partial charge in [-0.2, -0.15) is 4.98 Å². The number of hydrogen-bond donors (Lipinski definition) is 2. The van der Waals surface area contributed by atoms with E-state index in [0.29, 0.717) is 43.8 Å². The fourth-order valence-corrected chi connectivity index (χ4v) is 7.11. The number of anilines is 1. The van der Waals surface area contributed by atoms with Crippen molar-refractivity contribution in [2.45, 2.75) is 88.4 Å². The van der Waals surface area contributed by atoms with Gasteiger partial charge in [-0.15, -0.1) is 0 Å². The van der Waals surface area contributed by atoms with E-state index in [4.69, 9.17) is 24.9 Å². The molecule has 1 aromatic heterocycles. The van der Waals surface area contributed by atoms with Gasteiger partial charge >= 0.3 is 0 Å². The first-order valence-electron chi connectivity index (χ1n) is 14.3. The maximum atomic E-state index is 13.0. The lowest BCUT2D eigenvalue weighted by atomic mass is 9.59. The number of nitrogens with one attached hydrogen (secondary N) is 1. The van der Waals surface area contributed by atoms with E-state index < -0.39 is 17.4 Å². The highest BCUT2D eigenvalue weighted by molar-refractivity contribution is 5.98. The van der Waals surface area contributed by atoms with Crippen molar-refractivity contribution < 1.29 is 19.4 Å². The molecule has 4 atom stereocenters. The van der Waals surface area contributed by atoms with Gasteiger partial charge < -0.3 is 29.8 Å². The number of aliphatic hydroxyl groups excluding tert-OH is 1. The summed E-state index contributed by atoms with van der Waals surface area (Å²) >= 11 is 0. The smallest absolute Gasteiger partial charge is 0.219 e. The normalized spacial score (nSPS) is 33.7. The molecule has 2 N–H and O–H groups in total. The minimum atomic E-state index is -0.858. The second-order valence-electron chi connectivity index (χ2n) is 12.1.